The summed E-state index contributed by atoms with van der Waals surface area (Å²) >= 11 is 1.77. The standard InChI is InChI=1S/C21H23N3OS/c1-15(13-23-10-4-5-17(23)14-25)24-18-6-2-3-7-20(18)26-21-9-8-16(12-22)11-19(21)24/h2-3,6-9,11,15,17,25H,4-5,10,13-14H2,1H3/t15?,17-/m1/s1. The van der Waals surface area contributed by atoms with E-state index in [1.807, 2.05) is 12.1 Å². The Labute approximate surface area is 159 Å². The number of benzene rings is 2. The fourth-order valence-corrected chi connectivity index (χ4v) is 5.14. The summed E-state index contributed by atoms with van der Waals surface area (Å²) in [5, 5.41) is 19.0. The number of likely N-dealkylation sites (tertiary alicyclic amines) is 1. The van der Waals surface area contributed by atoms with E-state index < -0.39 is 0 Å². The van der Waals surface area contributed by atoms with E-state index in [9.17, 15) is 10.4 Å². The zero-order valence-corrected chi connectivity index (χ0v) is 15.7. The number of aliphatic hydroxyl groups excluding tert-OH is 1. The van der Waals surface area contributed by atoms with Crippen LogP contribution in [0.3, 0.4) is 0 Å². The van der Waals surface area contributed by atoms with Crippen molar-refractivity contribution in [3.8, 4) is 6.07 Å². The van der Waals surface area contributed by atoms with Crippen molar-refractivity contribution in [1.82, 2.24) is 4.90 Å². The van der Waals surface area contributed by atoms with Crippen LogP contribution in [0.1, 0.15) is 25.3 Å². The van der Waals surface area contributed by atoms with Crippen LogP contribution in [0.5, 0.6) is 0 Å². The van der Waals surface area contributed by atoms with Gasteiger partial charge >= 0.3 is 0 Å². The van der Waals surface area contributed by atoms with Gasteiger partial charge in [-0.1, -0.05) is 23.9 Å². The van der Waals surface area contributed by atoms with Crippen molar-refractivity contribution in [2.75, 3.05) is 24.6 Å². The number of anilines is 2. The van der Waals surface area contributed by atoms with Gasteiger partial charge in [0, 0.05) is 28.4 Å². The van der Waals surface area contributed by atoms with Gasteiger partial charge in [0.25, 0.3) is 0 Å². The van der Waals surface area contributed by atoms with E-state index in [0.717, 1.165) is 31.6 Å². The number of hydrogen-bond acceptors (Lipinski definition) is 5. The maximum absolute atomic E-state index is 9.65. The number of hydrogen-bond donors (Lipinski definition) is 1. The molecule has 1 N–H and O–H groups in total. The molecule has 26 heavy (non-hydrogen) atoms. The van der Waals surface area contributed by atoms with E-state index in [-0.39, 0.29) is 18.7 Å². The normalized spacial score (nSPS) is 20.3. The van der Waals surface area contributed by atoms with Gasteiger partial charge in [0.2, 0.25) is 0 Å². The second-order valence-corrected chi connectivity index (χ2v) is 8.14. The molecule has 5 heteroatoms. The van der Waals surface area contributed by atoms with E-state index in [4.69, 9.17) is 0 Å². The van der Waals surface area contributed by atoms with Gasteiger partial charge in [0.15, 0.2) is 0 Å². The van der Waals surface area contributed by atoms with Crippen LogP contribution in [0.25, 0.3) is 0 Å². The van der Waals surface area contributed by atoms with Crippen LogP contribution in [0.2, 0.25) is 0 Å². The Bertz CT molecular complexity index is 847. The predicted molar refractivity (Wildman–Crippen MR) is 105 cm³/mol. The lowest BCUT2D eigenvalue weighted by Crippen LogP contribution is -2.44. The fourth-order valence-electron chi connectivity index (χ4n) is 4.09. The van der Waals surface area contributed by atoms with Gasteiger partial charge in [-0.25, -0.2) is 0 Å². The smallest absolute Gasteiger partial charge is 0.0992 e. The summed E-state index contributed by atoms with van der Waals surface area (Å²) in [6.45, 7) is 4.42. The monoisotopic (exact) mass is 365 g/mol. The van der Waals surface area contributed by atoms with Crippen molar-refractivity contribution < 1.29 is 5.11 Å². The molecule has 1 fully saturated rings. The summed E-state index contributed by atoms with van der Waals surface area (Å²) in [5.41, 5.74) is 3.00. The van der Waals surface area contributed by atoms with Gasteiger partial charge in [0.05, 0.1) is 29.6 Å². The number of aliphatic hydroxyl groups is 1. The molecule has 1 unspecified atom stereocenters. The Morgan fingerprint density at radius 2 is 2.04 bits per heavy atom. The van der Waals surface area contributed by atoms with Crippen molar-refractivity contribution in [3.05, 3.63) is 48.0 Å². The first kappa shape index (κ1) is 17.4. The van der Waals surface area contributed by atoms with Gasteiger partial charge in [0.1, 0.15) is 0 Å². The molecule has 0 aromatic heterocycles. The first-order valence-corrected chi connectivity index (χ1v) is 9.98. The maximum Gasteiger partial charge on any atom is 0.0992 e. The molecule has 134 valence electrons. The average molecular weight is 366 g/mol. The molecule has 2 heterocycles. The Morgan fingerprint density at radius 1 is 1.23 bits per heavy atom. The van der Waals surface area contributed by atoms with Crippen LogP contribution in [0, 0.1) is 11.3 Å². The minimum Gasteiger partial charge on any atom is -0.395 e. The molecule has 2 aliphatic heterocycles. The predicted octanol–water partition coefficient (Wildman–Crippen LogP) is 4.01. The largest absolute Gasteiger partial charge is 0.395 e. The van der Waals surface area contributed by atoms with E-state index in [2.05, 4.69) is 53.1 Å². The highest BCUT2D eigenvalue weighted by Gasteiger charge is 2.31. The summed E-state index contributed by atoms with van der Waals surface area (Å²) in [5.74, 6) is 0. The Morgan fingerprint density at radius 3 is 2.85 bits per heavy atom. The van der Waals surface area contributed by atoms with Crippen molar-refractivity contribution >= 4 is 23.1 Å². The third-order valence-corrected chi connectivity index (χ3v) is 6.47. The van der Waals surface area contributed by atoms with E-state index in [1.54, 1.807) is 11.8 Å². The number of fused-ring (bicyclic) bond motifs is 2. The van der Waals surface area contributed by atoms with Crippen LogP contribution in [0.4, 0.5) is 11.4 Å². The van der Waals surface area contributed by atoms with Gasteiger partial charge in [-0.2, -0.15) is 5.26 Å². The Hall–Kier alpha value is -2.00. The molecule has 4 nitrogen and oxygen atoms in total. The summed E-state index contributed by atoms with van der Waals surface area (Å²) in [4.78, 5) is 7.21. The summed E-state index contributed by atoms with van der Waals surface area (Å²) in [6.07, 6.45) is 2.23. The molecule has 0 spiro atoms. The Kier molecular flexibility index (Phi) is 4.90. The maximum atomic E-state index is 9.65. The molecular formula is C21H23N3OS. The molecule has 4 rings (SSSR count). The fraction of sp³-hybridized carbons (Fsp3) is 0.381. The highest BCUT2D eigenvalue weighted by molar-refractivity contribution is 7.99. The number of nitriles is 1. The lowest BCUT2D eigenvalue weighted by molar-refractivity contribution is 0.154. The lowest BCUT2D eigenvalue weighted by atomic mass is 10.1. The zero-order valence-electron chi connectivity index (χ0n) is 14.9. The molecular weight excluding hydrogens is 342 g/mol. The number of nitrogens with zero attached hydrogens (tertiary/aromatic N) is 3. The minimum atomic E-state index is 0.230. The van der Waals surface area contributed by atoms with Crippen molar-refractivity contribution in [1.29, 1.82) is 5.26 Å². The second kappa shape index (κ2) is 7.32. The summed E-state index contributed by atoms with van der Waals surface area (Å²) in [6, 6.07) is 17.2. The van der Waals surface area contributed by atoms with Crippen molar-refractivity contribution in [2.24, 2.45) is 0 Å². The van der Waals surface area contributed by atoms with E-state index in [1.165, 1.54) is 15.5 Å². The van der Waals surface area contributed by atoms with Crippen LogP contribution in [-0.4, -0.2) is 41.8 Å². The molecule has 0 amide bonds. The van der Waals surface area contributed by atoms with Gasteiger partial charge < -0.3 is 10.0 Å². The molecule has 2 aromatic carbocycles. The molecule has 0 radical (unpaired) electrons. The van der Waals surface area contributed by atoms with Crippen LogP contribution in [0.15, 0.2) is 52.3 Å². The van der Waals surface area contributed by atoms with Crippen molar-refractivity contribution in [3.63, 3.8) is 0 Å². The molecule has 0 bridgehead atoms. The SMILES string of the molecule is CC(CN1CCC[C@@H]1CO)N1c2ccccc2Sc2ccc(C#N)cc21. The minimum absolute atomic E-state index is 0.230. The quantitative estimate of drug-likeness (QED) is 0.887. The molecule has 2 atom stereocenters. The lowest BCUT2D eigenvalue weighted by Gasteiger charge is -2.39. The molecule has 2 aromatic rings. The third kappa shape index (κ3) is 3.09. The second-order valence-electron chi connectivity index (χ2n) is 7.06. The number of para-hydroxylation sites is 1. The first-order chi connectivity index (χ1) is 12.7. The zero-order chi connectivity index (χ0) is 18.1. The van der Waals surface area contributed by atoms with Crippen LogP contribution >= 0.6 is 11.8 Å². The van der Waals surface area contributed by atoms with Gasteiger partial charge in [-0.05, 0) is 56.6 Å². The van der Waals surface area contributed by atoms with Crippen molar-refractivity contribution in [2.45, 2.75) is 41.6 Å². The summed E-state index contributed by atoms with van der Waals surface area (Å²) < 4.78 is 0. The highest BCUT2D eigenvalue weighted by atomic mass is 32.2. The van der Waals surface area contributed by atoms with Gasteiger partial charge in [-0.3, -0.25) is 4.90 Å². The third-order valence-electron chi connectivity index (χ3n) is 5.34. The average Bonchev–Trinajstić information content (AvgIpc) is 3.12. The van der Waals surface area contributed by atoms with E-state index in [0.29, 0.717) is 5.56 Å². The summed E-state index contributed by atoms with van der Waals surface area (Å²) in [7, 11) is 0. The van der Waals surface area contributed by atoms with Gasteiger partial charge in [-0.15, -0.1) is 0 Å². The molecule has 0 saturated carbocycles. The van der Waals surface area contributed by atoms with E-state index >= 15 is 0 Å². The highest BCUT2D eigenvalue weighted by Crippen LogP contribution is 2.49. The topological polar surface area (TPSA) is 50.5 Å². The first-order valence-electron chi connectivity index (χ1n) is 9.16. The Balaban J connectivity index is 1.71. The molecule has 2 aliphatic rings. The van der Waals surface area contributed by atoms with Crippen LogP contribution < -0.4 is 4.90 Å². The number of rotatable bonds is 4. The molecule has 1 saturated heterocycles. The molecule has 0 aliphatic carbocycles. The van der Waals surface area contributed by atoms with Crippen LogP contribution in [-0.2, 0) is 0 Å².